The van der Waals surface area contributed by atoms with Crippen molar-refractivity contribution in [2.45, 2.75) is 19.9 Å². The molecule has 0 radical (unpaired) electrons. The van der Waals surface area contributed by atoms with E-state index in [1.54, 1.807) is 13.8 Å². The van der Waals surface area contributed by atoms with Gasteiger partial charge in [-0.3, -0.25) is 0 Å². The predicted molar refractivity (Wildman–Crippen MR) is 55.3 cm³/mol. The van der Waals surface area contributed by atoms with E-state index in [1.807, 2.05) is 0 Å². The standard InChI is InChI=1S/C10H13ClFNO/c1-5-4-7(11)9(12)8(6(2)13)10(5)14-3/h4,6H,13H2,1-3H3. The van der Waals surface area contributed by atoms with E-state index < -0.39 is 11.9 Å². The highest BCUT2D eigenvalue weighted by Crippen LogP contribution is 2.34. The molecule has 0 heterocycles. The van der Waals surface area contributed by atoms with Gasteiger partial charge in [-0.2, -0.15) is 0 Å². The van der Waals surface area contributed by atoms with Crippen LogP contribution in [-0.2, 0) is 0 Å². The summed E-state index contributed by atoms with van der Waals surface area (Å²) in [6.07, 6.45) is 0. The second kappa shape index (κ2) is 4.15. The molecule has 1 aromatic rings. The smallest absolute Gasteiger partial charge is 0.150 e. The van der Waals surface area contributed by atoms with Gasteiger partial charge in [-0.25, -0.2) is 4.39 Å². The Morgan fingerprint density at radius 1 is 1.57 bits per heavy atom. The number of hydrogen-bond donors (Lipinski definition) is 1. The minimum Gasteiger partial charge on any atom is -0.496 e. The third-order valence-electron chi connectivity index (χ3n) is 2.05. The van der Waals surface area contributed by atoms with Gasteiger partial charge in [-0.05, 0) is 25.5 Å². The summed E-state index contributed by atoms with van der Waals surface area (Å²) in [4.78, 5) is 0. The first-order chi connectivity index (χ1) is 6.49. The topological polar surface area (TPSA) is 35.2 Å². The maximum Gasteiger partial charge on any atom is 0.150 e. The third-order valence-corrected chi connectivity index (χ3v) is 2.33. The lowest BCUT2D eigenvalue weighted by Gasteiger charge is -2.16. The summed E-state index contributed by atoms with van der Waals surface area (Å²) in [6.45, 7) is 3.49. The van der Waals surface area contributed by atoms with Gasteiger partial charge in [-0.1, -0.05) is 11.6 Å². The Morgan fingerprint density at radius 2 is 2.14 bits per heavy atom. The first-order valence-electron chi connectivity index (χ1n) is 4.27. The number of hydrogen-bond acceptors (Lipinski definition) is 2. The number of methoxy groups -OCH3 is 1. The van der Waals surface area contributed by atoms with Crippen LogP contribution >= 0.6 is 11.6 Å². The van der Waals surface area contributed by atoms with E-state index in [4.69, 9.17) is 22.1 Å². The highest BCUT2D eigenvalue weighted by molar-refractivity contribution is 6.31. The summed E-state index contributed by atoms with van der Waals surface area (Å²) < 4.78 is 18.7. The van der Waals surface area contributed by atoms with Gasteiger partial charge in [0.2, 0.25) is 0 Å². The highest BCUT2D eigenvalue weighted by Gasteiger charge is 2.18. The fourth-order valence-electron chi connectivity index (χ4n) is 1.44. The van der Waals surface area contributed by atoms with Gasteiger partial charge in [0.15, 0.2) is 0 Å². The van der Waals surface area contributed by atoms with Gasteiger partial charge in [0.25, 0.3) is 0 Å². The zero-order valence-electron chi connectivity index (χ0n) is 8.40. The number of ether oxygens (including phenoxy) is 1. The van der Waals surface area contributed by atoms with Crippen LogP contribution in [0.5, 0.6) is 5.75 Å². The molecule has 2 nitrogen and oxygen atoms in total. The van der Waals surface area contributed by atoms with Crippen molar-refractivity contribution >= 4 is 11.6 Å². The maximum atomic E-state index is 13.6. The summed E-state index contributed by atoms with van der Waals surface area (Å²) in [5.74, 6) is -0.0222. The van der Waals surface area contributed by atoms with Crippen molar-refractivity contribution in [3.8, 4) is 5.75 Å². The molecule has 78 valence electrons. The van der Waals surface area contributed by atoms with Crippen LogP contribution in [0.25, 0.3) is 0 Å². The molecule has 0 aliphatic rings. The molecule has 0 spiro atoms. The molecule has 0 aliphatic heterocycles. The van der Waals surface area contributed by atoms with Crippen molar-refractivity contribution < 1.29 is 9.13 Å². The number of aryl methyl sites for hydroxylation is 1. The number of benzene rings is 1. The van der Waals surface area contributed by atoms with Crippen molar-refractivity contribution in [1.29, 1.82) is 0 Å². The Bertz CT molecular complexity index is 352. The van der Waals surface area contributed by atoms with E-state index >= 15 is 0 Å². The van der Waals surface area contributed by atoms with E-state index in [2.05, 4.69) is 0 Å². The van der Waals surface area contributed by atoms with Crippen molar-refractivity contribution in [3.63, 3.8) is 0 Å². The zero-order valence-corrected chi connectivity index (χ0v) is 9.15. The van der Waals surface area contributed by atoms with E-state index in [0.29, 0.717) is 11.3 Å². The van der Waals surface area contributed by atoms with Crippen molar-refractivity contribution in [2.75, 3.05) is 7.11 Å². The van der Waals surface area contributed by atoms with E-state index in [0.717, 1.165) is 5.56 Å². The summed E-state index contributed by atoms with van der Waals surface area (Å²) in [6, 6.07) is 1.09. The lowest BCUT2D eigenvalue weighted by Crippen LogP contribution is -2.10. The van der Waals surface area contributed by atoms with Gasteiger partial charge in [-0.15, -0.1) is 0 Å². The predicted octanol–water partition coefficient (Wildman–Crippen LogP) is 2.82. The average Bonchev–Trinajstić information content (AvgIpc) is 2.10. The van der Waals surface area contributed by atoms with Crippen LogP contribution in [0.1, 0.15) is 24.1 Å². The van der Waals surface area contributed by atoms with Crippen LogP contribution in [0, 0.1) is 12.7 Å². The molecule has 0 bridgehead atoms. The zero-order chi connectivity index (χ0) is 10.9. The van der Waals surface area contributed by atoms with Gasteiger partial charge in [0, 0.05) is 11.6 Å². The SMILES string of the molecule is COc1c(C)cc(Cl)c(F)c1C(C)N. The van der Waals surface area contributed by atoms with E-state index in [1.165, 1.54) is 13.2 Å². The van der Waals surface area contributed by atoms with Crippen LogP contribution in [0.15, 0.2) is 6.07 Å². The van der Waals surface area contributed by atoms with Gasteiger partial charge < -0.3 is 10.5 Å². The fourth-order valence-corrected chi connectivity index (χ4v) is 1.70. The van der Waals surface area contributed by atoms with Crippen molar-refractivity contribution in [2.24, 2.45) is 5.73 Å². The number of nitrogens with two attached hydrogens (primary N) is 1. The lowest BCUT2D eigenvalue weighted by atomic mass is 10.0. The third kappa shape index (κ3) is 1.83. The molecule has 4 heteroatoms. The summed E-state index contributed by atoms with van der Waals surface area (Å²) >= 11 is 5.71. The Balaban J connectivity index is 3.48. The summed E-state index contributed by atoms with van der Waals surface area (Å²) in [7, 11) is 1.49. The van der Waals surface area contributed by atoms with E-state index in [9.17, 15) is 4.39 Å². The van der Waals surface area contributed by atoms with Crippen LogP contribution in [-0.4, -0.2) is 7.11 Å². The Labute approximate surface area is 87.8 Å². The molecule has 1 aromatic carbocycles. The second-order valence-electron chi connectivity index (χ2n) is 3.22. The van der Waals surface area contributed by atoms with Crippen molar-refractivity contribution in [3.05, 3.63) is 28.0 Å². The van der Waals surface area contributed by atoms with Gasteiger partial charge in [0.05, 0.1) is 12.1 Å². The molecule has 2 N–H and O–H groups in total. The van der Waals surface area contributed by atoms with Crippen LogP contribution in [0.3, 0.4) is 0 Å². The maximum absolute atomic E-state index is 13.6. The lowest BCUT2D eigenvalue weighted by molar-refractivity contribution is 0.397. The Kier molecular flexibility index (Phi) is 3.34. The molecular weight excluding hydrogens is 205 g/mol. The van der Waals surface area contributed by atoms with E-state index in [-0.39, 0.29) is 5.02 Å². The quantitative estimate of drug-likeness (QED) is 0.827. The Hall–Kier alpha value is -0.800. The van der Waals surface area contributed by atoms with Crippen LogP contribution in [0.4, 0.5) is 4.39 Å². The highest BCUT2D eigenvalue weighted by atomic mass is 35.5. The minimum absolute atomic E-state index is 0.0793. The molecule has 1 atom stereocenters. The van der Waals surface area contributed by atoms with Crippen LogP contribution < -0.4 is 10.5 Å². The van der Waals surface area contributed by atoms with Gasteiger partial charge >= 0.3 is 0 Å². The molecule has 1 unspecified atom stereocenters. The molecule has 0 fully saturated rings. The molecule has 0 saturated heterocycles. The normalized spacial score (nSPS) is 12.7. The summed E-state index contributed by atoms with van der Waals surface area (Å²) in [5.41, 5.74) is 6.76. The Morgan fingerprint density at radius 3 is 2.57 bits per heavy atom. The fraction of sp³-hybridized carbons (Fsp3) is 0.400. The number of rotatable bonds is 2. The molecule has 14 heavy (non-hydrogen) atoms. The monoisotopic (exact) mass is 217 g/mol. The second-order valence-corrected chi connectivity index (χ2v) is 3.63. The largest absolute Gasteiger partial charge is 0.496 e. The summed E-state index contributed by atoms with van der Waals surface area (Å²) in [5, 5.41) is 0.0793. The average molecular weight is 218 g/mol. The molecule has 0 amide bonds. The molecule has 0 saturated carbocycles. The first-order valence-corrected chi connectivity index (χ1v) is 4.65. The number of halogens is 2. The minimum atomic E-state index is -0.496. The molecule has 0 aliphatic carbocycles. The van der Waals surface area contributed by atoms with Gasteiger partial charge in [0.1, 0.15) is 11.6 Å². The molecular formula is C10H13ClFNO. The first kappa shape index (κ1) is 11.3. The molecule has 0 aromatic heterocycles. The molecule has 1 rings (SSSR count). The van der Waals surface area contributed by atoms with Crippen LogP contribution in [0.2, 0.25) is 5.02 Å². The van der Waals surface area contributed by atoms with Crippen molar-refractivity contribution in [1.82, 2.24) is 0 Å².